The van der Waals surface area contributed by atoms with Gasteiger partial charge >= 0.3 is 5.97 Å². The topological polar surface area (TPSA) is 46.6 Å². The van der Waals surface area contributed by atoms with Crippen LogP contribution < -0.4 is 4.90 Å². The second kappa shape index (κ2) is 7.08. The number of carbonyl (C=O) groups is 2. The monoisotopic (exact) mass is 413 g/mol. The highest BCUT2D eigenvalue weighted by Crippen LogP contribution is 2.46. The van der Waals surface area contributed by atoms with Crippen LogP contribution in [0.25, 0.3) is 0 Å². The number of rotatable bonds is 4. The van der Waals surface area contributed by atoms with Gasteiger partial charge in [-0.2, -0.15) is 0 Å². The van der Waals surface area contributed by atoms with E-state index in [1.165, 1.54) is 5.56 Å². The number of carbonyl (C=O) groups excluding carboxylic acids is 2. The standard InChI is InChI=1S/C21H20BrNO3/c1-21(2)17-9-4-5-10-18(17)23(3)19(21)12-16(24)13-26-20(25)14-7-6-8-15(22)11-14/h4-12H,13H2,1-3H3. The van der Waals surface area contributed by atoms with Gasteiger partial charge in [-0.15, -0.1) is 0 Å². The number of para-hydroxylation sites is 1. The molecule has 0 N–H and O–H groups in total. The lowest BCUT2D eigenvalue weighted by molar-refractivity contribution is -0.117. The summed E-state index contributed by atoms with van der Waals surface area (Å²) in [6, 6.07) is 15.0. The molecule has 0 bridgehead atoms. The van der Waals surface area contributed by atoms with E-state index in [2.05, 4.69) is 35.8 Å². The molecule has 26 heavy (non-hydrogen) atoms. The normalized spacial score (nSPS) is 16.5. The van der Waals surface area contributed by atoms with Crippen molar-refractivity contribution < 1.29 is 14.3 Å². The molecular formula is C21H20BrNO3. The maximum Gasteiger partial charge on any atom is 0.338 e. The van der Waals surface area contributed by atoms with Crippen molar-refractivity contribution >= 4 is 33.4 Å². The summed E-state index contributed by atoms with van der Waals surface area (Å²) in [6.07, 6.45) is 1.58. The SMILES string of the molecule is CN1C(=CC(=O)COC(=O)c2cccc(Br)c2)C(C)(C)c2ccccc21. The van der Waals surface area contributed by atoms with Crippen LogP contribution >= 0.6 is 15.9 Å². The van der Waals surface area contributed by atoms with Crippen LogP contribution in [0, 0.1) is 0 Å². The largest absolute Gasteiger partial charge is 0.454 e. The van der Waals surface area contributed by atoms with Gasteiger partial charge in [0.2, 0.25) is 0 Å². The lowest BCUT2D eigenvalue weighted by Gasteiger charge is -2.23. The number of halogens is 1. The summed E-state index contributed by atoms with van der Waals surface area (Å²) < 4.78 is 5.95. The second-order valence-corrected chi connectivity index (χ2v) is 7.70. The third-order valence-corrected chi connectivity index (χ3v) is 5.14. The lowest BCUT2D eigenvalue weighted by atomic mass is 9.83. The molecule has 134 valence electrons. The number of hydrogen-bond acceptors (Lipinski definition) is 4. The van der Waals surface area contributed by atoms with Crippen LogP contribution in [0.4, 0.5) is 5.69 Å². The van der Waals surface area contributed by atoms with Crippen molar-refractivity contribution in [2.45, 2.75) is 19.3 Å². The Morgan fingerprint density at radius 2 is 1.88 bits per heavy atom. The van der Waals surface area contributed by atoms with E-state index >= 15 is 0 Å². The van der Waals surface area contributed by atoms with Gasteiger partial charge in [-0.3, -0.25) is 4.79 Å². The van der Waals surface area contributed by atoms with E-state index in [1.54, 1.807) is 24.3 Å². The minimum absolute atomic E-state index is 0.240. The number of ether oxygens (including phenoxy) is 1. The molecule has 2 aromatic carbocycles. The van der Waals surface area contributed by atoms with Crippen molar-refractivity contribution in [3.8, 4) is 0 Å². The van der Waals surface area contributed by atoms with Crippen molar-refractivity contribution in [3.63, 3.8) is 0 Å². The minimum Gasteiger partial charge on any atom is -0.454 e. The number of hydrogen-bond donors (Lipinski definition) is 0. The third-order valence-electron chi connectivity index (χ3n) is 4.64. The molecule has 1 aliphatic rings. The van der Waals surface area contributed by atoms with E-state index in [-0.39, 0.29) is 17.8 Å². The molecule has 3 rings (SSSR count). The van der Waals surface area contributed by atoms with Gasteiger partial charge in [0.15, 0.2) is 12.4 Å². The summed E-state index contributed by atoms with van der Waals surface area (Å²) >= 11 is 3.31. The van der Waals surface area contributed by atoms with Crippen LogP contribution in [-0.4, -0.2) is 25.4 Å². The number of likely N-dealkylation sites (N-methyl/N-ethyl adjacent to an activating group) is 1. The summed E-state index contributed by atoms with van der Waals surface area (Å²) in [7, 11) is 1.94. The van der Waals surface area contributed by atoms with Gasteiger partial charge in [-0.05, 0) is 29.8 Å². The van der Waals surface area contributed by atoms with Gasteiger partial charge in [0, 0.05) is 34.4 Å². The van der Waals surface area contributed by atoms with Crippen LogP contribution in [0.1, 0.15) is 29.8 Å². The molecule has 0 amide bonds. The summed E-state index contributed by atoms with van der Waals surface area (Å²) in [4.78, 5) is 26.5. The number of esters is 1. The van der Waals surface area contributed by atoms with Gasteiger partial charge in [0.1, 0.15) is 0 Å². The predicted octanol–water partition coefficient (Wildman–Crippen LogP) is 4.49. The average molecular weight is 414 g/mol. The highest BCUT2D eigenvalue weighted by Gasteiger charge is 2.38. The van der Waals surface area contributed by atoms with Crippen LogP contribution in [0.2, 0.25) is 0 Å². The number of nitrogens with zero attached hydrogens (tertiary/aromatic N) is 1. The molecule has 0 fully saturated rings. The Kier molecular flexibility index (Phi) is 5.01. The zero-order valence-corrected chi connectivity index (χ0v) is 16.5. The first-order valence-electron chi connectivity index (χ1n) is 8.31. The average Bonchev–Trinajstić information content (AvgIpc) is 2.81. The van der Waals surface area contributed by atoms with Gasteiger partial charge in [0.25, 0.3) is 0 Å². The molecule has 1 heterocycles. The number of fused-ring (bicyclic) bond motifs is 1. The molecule has 2 aromatic rings. The zero-order chi connectivity index (χ0) is 18.9. The Hall–Kier alpha value is -2.40. The molecule has 0 aliphatic carbocycles. The maximum absolute atomic E-state index is 12.4. The Bertz CT molecular complexity index is 902. The van der Waals surface area contributed by atoms with Crippen LogP contribution in [0.3, 0.4) is 0 Å². The Morgan fingerprint density at radius 3 is 2.58 bits per heavy atom. The third kappa shape index (κ3) is 3.44. The Balaban J connectivity index is 1.72. The molecule has 0 spiro atoms. The molecule has 1 aliphatic heterocycles. The van der Waals surface area contributed by atoms with Gasteiger partial charge < -0.3 is 9.64 Å². The first-order chi connectivity index (χ1) is 12.3. The minimum atomic E-state index is -0.514. The summed E-state index contributed by atoms with van der Waals surface area (Å²) in [5.41, 5.74) is 3.28. The molecule has 0 saturated carbocycles. The summed E-state index contributed by atoms with van der Waals surface area (Å²) in [5, 5.41) is 0. The predicted molar refractivity (Wildman–Crippen MR) is 105 cm³/mol. The molecule has 0 radical (unpaired) electrons. The Morgan fingerprint density at radius 1 is 1.15 bits per heavy atom. The van der Waals surface area contributed by atoms with Gasteiger partial charge in [-0.25, -0.2) is 4.79 Å². The smallest absolute Gasteiger partial charge is 0.338 e. The van der Waals surface area contributed by atoms with Crippen molar-refractivity contribution in [2.75, 3.05) is 18.6 Å². The van der Waals surface area contributed by atoms with E-state index in [4.69, 9.17) is 4.74 Å². The van der Waals surface area contributed by atoms with E-state index in [9.17, 15) is 9.59 Å². The fourth-order valence-corrected chi connectivity index (χ4v) is 3.69. The van der Waals surface area contributed by atoms with Crippen LogP contribution in [0.5, 0.6) is 0 Å². The van der Waals surface area contributed by atoms with Crippen LogP contribution in [0.15, 0.2) is 64.8 Å². The second-order valence-electron chi connectivity index (χ2n) is 6.78. The van der Waals surface area contributed by atoms with E-state index < -0.39 is 5.97 Å². The van der Waals surface area contributed by atoms with Gasteiger partial charge in [0.05, 0.1) is 5.56 Å². The number of ketones is 1. The fraction of sp³-hybridized carbons (Fsp3) is 0.238. The van der Waals surface area contributed by atoms with Crippen molar-refractivity contribution in [1.29, 1.82) is 0 Å². The maximum atomic E-state index is 12.4. The molecule has 0 unspecified atom stereocenters. The molecule has 0 saturated heterocycles. The highest BCUT2D eigenvalue weighted by atomic mass is 79.9. The number of anilines is 1. The molecule has 0 aromatic heterocycles. The van der Waals surface area contributed by atoms with E-state index in [0.717, 1.165) is 15.9 Å². The van der Waals surface area contributed by atoms with Gasteiger partial charge in [-0.1, -0.05) is 54.0 Å². The number of benzene rings is 2. The van der Waals surface area contributed by atoms with Crippen molar-refractivity contribution in [2.24, 2.45) is 0 Å². The quantitative estimate of drug-likeness (QED) is 0.547. The number of allylic oxidation sites excluding steroid dienone is 1. The fourth-order valence-electron chi connectivity index (χ4n) is 3.29. The molecule has 5 heteroatoms. The van der Waals surface area contributed by atoms with Crippen LogP contribution in [-0.2, 0) is 14.9 Å². The van der Waals surface area contributed by atoms with E-state index in [0.29, 0.717) is 5.56 Å². The zero-order valence-electron chi connectivity index (χ0n) is 15.0. The molecule has 0 atom stereocenters. The molecular weight excluding hydrogens is 394 g/mol. The summed E-state index contributed by atoms with van der Waals surface area (Å²) in [5.74, 6) is -0.753. The molecule has 4 nitrogen and oxygen atoms in total. The first kappa shape index (κ1) is 18.4. The van der Waals surface area contributed by atoms with E-state index in [1.807, 2.05) is 36.2 Å². The van der Waals surface area contributed by atoms with Crippen molar-refractivity contribution in [1.82, 2.24) is 0 Å². The Labute approximate surface area is 161 Å². The summed E-state index contributed by atoms with van der Waals surface area (Å²) in [6.45, 7) is 3.89. The van der Waals surface area contributed by atoms with Crippen molar-refractivity contribution in [3.05, 3.63) is 75.9 Å². The lowest BCUT2D eigenvalue weighted by Crippen LogP contribution is -2.25. The highest BCUT2D eigenvalue weighted by molar-refractivity contribution is 9.10. The first-order valence-corrected chi connectivity index (χ1v) is 9.11.